The van der Waals surface area contributed by atoms with Gasteiger partial charge in [0.25, 0.3) is 0 Å². The minimum Gasteiger partial charge on any atom is -0.490 e. The number of benzene rings is 1. The van der Waals surface area contributed by atoms with Crippen LogP contribution in [0.4, 0.5) is 0 Å². The van der Waals surface area contributed by atoms with Gasteiger partial charge in [0, 0.05) is 26.0 Å². The zero-order chi connectivity index (χ0) is 22.0. The Bertz CT molecular complexity index is 1020. The van der Waals surface area contributed by atoms with Crippen molar-refractivity contribution < 1.29 is 9.47 Å². The molecule has 0 spiro atoms. The average Bonchev–Trinajstić information content (AvgIpc) is 3.40. The van der Waals surface area contributed by atoms with E-state index < -0.39 is 8.07 Å². The number of hydrogen-bond donors (Lipinski definition) is 0. The quantitative estimate of drug-likeness (QED) is 0.310. The average molecular weight is 439 g/mol. The maximum atomic E-state index is 5.94. The highest BCUT2D eigenvalue weighted by atomic mass is 28.3. The third-order valence-corrected chi connectivity index (χ3v) is 7.38. The topological polar surface area (TPSA) is 62.1 Å². The molecule has 1 atom stereocenters. The molecule has 1 aromatic carbocycles. The van der Waals surface area contributed by atoms with E-state index in [0.717, 1.165) is 53.5 Å². The highest BCUT2D eigenvalue weighted by molar-refractivity contribution is 6.76. The molecule has 1 fully saturated rings. The van der Waals surface area contributed by atoms with Crippen molar-refractivity contribution in [3.8, 4) is 5.75 Å². The summed E-state index contributed by atoms with van der Waals surface area (Å²) in [5, 5.41) is 9.58. The normalized spacial score (nSPS) is 15.5. The van der Waals surface area contributed by atoms with Crippen molar-refractivity contribution in [1.82, 2.24) is 20.0 Å². The monoisotopic (exact) mass is 438 g/mol. The Balaban J connectivity index is 1.53. The highest BCUT2D eigenvalue weighted by Crippen LogP contribution is 2.33. The van der Waals surface area contributed by atoms with Gasteiger partial charge in [0.1, 0.15) is 12.5 Å². The molecule has 1 aliphatic carbocycles. The van der Waals surface area contributed by atoms with Crippen LogP contribution in [0.1, 0.15) is 44.0 Å². The van der Waals surface area contributed by atoms with Crippen molar-refractivity contribution in [2.75, 3.05) is 6.61 Å². The van der Waals surface area contributed by atoms with Gasteiger partial charge in [-0.05, 0) is 49.1 Å². The molecule has 0 bridgehead atoms. The molecule has 0 aliphatic heterocycles. The molecular formula is C24H34N4O2Si. The van der Waals surface area contributed by atoms with Crippen molar-refractivity contribution in [1.29, 1.82) is 0 Å². The molecule has 1 unspecified atom stereocenters. The molecule has 7 heteroatoms. The van der Waals surface area contributed by atoms with Gasteiger partial charge in [-0.2, -0.15) is 0 Å². The van der Waals surface area contributed by atoms with Gasteiger partial charge in [-0.1, -0.05) is 44.8 Å². The first-order valence-corrected chi connectivity index (χ1v) is 15.0. The van der Waals surface area contributed by atoms with Crippen LogP contribution in [0.3, 0.4) is 0 Å². The van der Waals surface area contributed by atoms with Gasteiger partial charge in [-0.25, -0.2) is 4.68 Å². The number of nitrogens with zero attached hydrogens (tertiary/aromatic N) is 4. The Kier molecular flexibility index (Phi) is 6.43. The number of ether oxygens (including phenoxy) is 2. The van der Waals surface area contributed by atoms with Crippen molar-refractivity contribution >= 4 is 19.0 Å². The van der Waals surface area contributed by atoms with Gasteiger partial charge < -0.3 is 9.47 Å². The first kappa shape index (κ1) is 22.0. The Labute approximate surface area is 186 Å². The minimum atomic E-state index is -1.11. The van der Waals surface area contributed by atoms with Crippen LogP contribution in [0.15, 0.2) is 36.5 Å². The van der Waals surface area contributed by atoms with Crippen molar-refractivity contribution in [3.05, 3.63) is 47.9 Å². The van der Waals surface area contributed by atoms with Crippen LogP contribution >= 0.6 is 0 Å². The molecule has 2 heterocycles. The molecule has 6 nitrogen and oxygen atoms in total. The summed E-state index contributed by atoms with van der Waals surface area (Å²) in [7, 11) is -1.11. The molecule has 1 aliphatic rings. The largest absolute Gasteiger partial charge is 0.490 e. The first-order valence-electron chi connectivity index (χ1n) is 11.3. The highest BCUT2D eigenvalue weighted by Gasteiger charge is 2.25. The molecule has 31 heavy (non-hydrogen) atoms. The summed E-state index contributed by atoms with van der Waals surface area (Å²) in [6.45, 7) is 12.7. The maximum Gasteiger partial charge on any atom is 0.141 e. The molecule has 0 amide bonds. The van der Waals surface area contributed by atoms with Gasteiger partial charge in [0.2, 0.25) is 0 Å². The van der Waals surface area contributed by atoms with Gasteiger partial charge in [0.15, 0.2) is 0 Å². The number of fused-ring (bicyclic) bond motifs is 1. The van der Waals surface area contributed by atoms with Crippen LogP contribution in [0, 0.1) is 5.92 Å². The zero-order valence-corrected chi connectivity index (χ0v) is 20.3. The van der Waals surface area contributed by atoms with E-state index in [1.54, 1.807) is 0 Å². The first-order chi connectivity index (χ1) is 14.8. The Morgan fingerprint density at radius 1 is 1.13 bits per heavy atom. The third-order valence-electron chi connectivity index (χ3n) is 5.67. The van der Waals surface area contributed by atoms with Gasteiger partial charge in [-0.3, -0.25) is 4.98 Å². The number of hydrogen-bond acceptors (Lipinski definition) is 5. The van der Waals surface area contributed by atoms with E-state index in [4.69, 9.17) is 14.5 Å². The van der Waals surface area contributed by atoms with E-state index in [9.17, 15) is 0 Å². The summed E-state index contributed by atoms with van der Waals surface area (Å²) in [6, 6.07) is 11.6. The second-order valence-corrected chi connectivity index (χ2v) is 15.8. The van der Waals surface area contributed by atoms with Crippen LogP contribution in [0.2, 0.25) is 25.7 Å². The van der Waals surface area contributed by atoms with Gasteiger partial charge in [-0.15, -0.1) is 5.10 Å². The minimum absolute atomic E-state index is 0.0994. The molecule has 4 rings (SSSR count). The zero-order valence-electron chi connectivity index (χ0n) is 19.3. The number of pyridine rings is 1. The number of aromatic nitrogens is 4. The summed E-state index contributed by atoms with van der Waals surface area (Å²) in [5.41, 5.74) is 3.06. The molecule has 3 aromatic rings. The Morgan fingerprint density at radius 2 is 1.94 bits per heavy atom. The van der Waals surface area contributed by atoms with Crippen molar-refractivity contribution in [2.45, 2.75) is 71.1 Å². The molecule has 0 saturated heterocycles. The molecule has 0 N–H and O–H groups in total. The van der Waals surface area contributed by atoms with Crippen LogP contribution in [-0.4, -0.2) is 40.8 Å². The lowest BCUT2D eigenvalue weighted by atomic mass is 9.89. The van der Waals surface area contributed by atoms with Crippen molar-refractivity contribution in [2.24, 2.45) is 5.92 Å². The summed E-state index contributed by atoms with van der Waals surface area (Å²) < 4.78 is 13.8. The molecule has 2 aromatic heterocycles. The fraction of sp³-hybridized carbons (Fsp3) is 0.542. The lowest BCUT2D eigenvalue weighted by molar-refractivity contribution is 0.0742. The van der Waals surface area contributed by atoms with Gasteiger partial charge >= 0.3 is 0 Å². The smallest absolute Gasteiger partial charge is 0.141 e. The van der Waals surface area contributed by atoms with E-state index in [2.05, 4.69) is 68.1 Å². The predicted molar refractivity (Wildman–Crippen MR) is 126 cm³/mol. The lowest BCUT2D eigenvalue weighted by Gasteiger charge is -2.22. The Morgan fingerprint density at radius 3 is 2.65 bits per heavy atom. The van der Waals surface area contributed by atoms with E-state index >= 15 is 0 Å². The second kappa shape index (κ2) is 9.08. The third kappa shape index (κ3) is 5.71. The fourth-order valence-electron chi connectivity index (χ4n) is 3.72. The SMILES string of the molecule is CC(C)C(c1ccc2cc(OC3CC3)ccc2n1)c1cnnn1COCC[Si](C)(C)C. The van der Waals surface area contributed by atoms with E-state index in [-0.39, 0.29) is 5.92 Å². The van der Waals surface area contributed by atoms with E-state index in [1.165, 1.54) is 0 Å². The van der Waals surface area contributed by atoms with E-state index in [0.29, 0.717) is 18.8 Å². The van der Waals surface area contributed by atoms with Crippen molar-refractivity contribution in [3.63, 3.8) is 0 Å². The van der Waals surface area contributed by atoms with E-state index in [1.807, 2.05) is 16.9 Å². The van der Waals surface area contributed by atoms with Crippen LogP contribution in [0.5, 0.6) is 5.75 Å². The van der Waals surface area contributed by atoms with Gasteiger partial charge in [0.05, 0.1) is 29.2 Å². The summed E-state index contributed by atoms with van der Waals surface area (Å²) in [6.07, 6.45) is 4.57. The lowest BCUT2D eigenvalue weighted by Crippen LogP contribution is -2.23. The molecule has 0 radical (unpaired) electrons. The van der Waals surface area contributed by atoms with Crippen LogP contribution in [-0.2, 0) is 11.5 Å². The second-order valence-electron chi connectivity index (χ2n) is 10.1. The van der Waals surface area contributed by atoms with Crippen LogP contribution < -0.4 is 4.74 Å². The summed E-state index contributed by atoms with van der Waals surface area (Å²) in [4.78, 5) is 5.00. The predicted octanol–water partition coefficient (Wildman–Crippen LogP) is 5.47. The maximum absolute atomic E-state index is 5.94. The molecule has 1 saturated carbocycles. The van der Waals surface area contributed by atoms with Crippen LogP contribution in [0.25, 0.3) is 10.9 Å². The molecule has 166 valence electrons. The number of rotatable bonds is 10. The summed E-state index contributed by atoms with van der Waals surface area (Å²) >= 11 is 0. The fourth-order valence-corrected chi connectivity index (χ4v) is 4.47. The Hall–Kier alpha value is -2.25. The summed E-state index contributed by atoms with van der Waals surface area (Å²) in [5.74, 6) is 1.38. The standard InChI is InChI=1S/C24H34N4O2Si/c1-17(2)24(23-15-25-27-28(23)16-29-12-13-31(3,4)5)22-10-6-18-14-20(30-19-7-8-19)9-11-21(18)26-22/h6,9-11,14-15,17,19,24H,7-8,12-13,16H2,1-5H3. The molecular weight excluding hydrogens is 404 g/mol.